The maximum atomic E-state index is 5.35. The standard InChI is InChI=1S/C13H21N3O/c1-16(9-11-5-3-4-6-14-11)10-12-7-13(17-2)8-15-12/h3-6,12-13,15H,7-10H2,1-2H3. The van der Waals surface area contributed by atoms with Crippen LogP contribution in [0.5, 0.6) is 0 Å². The molecule has 17 heavy (non-hydrogen) atoms. The Balaban J connectivity index is 1.76. The maximum absolute atomic E-state index is 5.35. The normalized spacial score (nSPS) is 24.4. The van der Waals surface area contributed by atoms with Crippen LogP contribution in [0, 0.1) is 0 Å². The molecule has 0 aromatic carbocycles. The molecule has 4 heteroatoms. The summed E-state index contributed by atoms with van der Waals surface area (Å²) >= 11 is 0. The van der Waals surface area contributed by atoms with Gasteiger partial charge in [0.1, 0.15) is 0 Å². The van der Waals surface area contributed by atoms with Gasteiger partial charge in [-0.15, -0.1) is 0 Å². The van der Waals surface area contributed by atoms with Gasteiger partial charge < -0.3 is 10.1 Å². The number of likely N-dealkylation sites (N-methyl/N-ethyl adjacent to an activating group) is 1. The van der Waals surface area contributed by atoms with Gasteiger partial charge >= 0.3 is 0 Å². The molecule has 1 aromatic rings. The Labute approximate surface area is 103 Å². The van der Waals surface area contributed by atoms with Gasteiger partial charge in [0.2, 0.25) is 0 Å². The van der Waals surface area contributed by atoms with Gasteiger partial charge in [-0.1, -0.05) is 6.07 Å². The fourth-order valence-corrected chi connectivity index (χ4v) is 2.31. The average molecular weight is 235 g/mol. The maximum Gasteiger partial charge on any atom is 0.0711 e. The highest BCUT2D eigenvalue weighted by atomic mass is 16.5. The Morgan fingerprint density at radius 2 is 2.41 bits per heavy atom. The minimum atomic E-state index is 0.378. The zero-order chi connectivity index (χ0) is 12.1. The lowest BCUT2D eigenvalue weighted by molar-refractivity contribution is 0.116. The molecule has 2 heterocycles. The number of hydrogen-bond donors (Lipinski definition) is 1. The highest BCUT2D eigenvalue weighted by Gasteiger charge is 2.24. The van der Waals surface area contributed by atoms with E-state index >= 15 is 0 Å². The molecule has 1 aliphatic heterocycles. The molecule has 1 aromatic heterocycles. The lowest BCUT2D eigenvalue weighted by Gasteiger charge is -2.20. The Kier molecular flexibility index (Phi) is 4.48. The third kappa shape index (κ3) is 3.77. The zero-order valence-corrected chi connectivity index (χ0v) is 10.6. The van der Waals surface area contributed by atoms with Crippen molar-refractivity contribution in [3.8, 4) is 0 Å². The molecular formula is C13H21N3O. The molecule has 0 amide bonds. The molecule has 2 atom stereocenters. The van der Waals surface area contributed by atoms with Gasteiger partial charge in [0.15, 0.2) is 0 Å². The third-order valence-electron chi connectivity index (χ3n) is 3.21. The first-order valence-electron chi connectivity index (χ1n) is 6.12. The summed E-state index contributed by atoms with van der Waals surface area (Å²) in [6.45, 7) is 2.91. The van der Waals surface area contributed by atoms with E-state index in [0.29, 0.717) is 12.1 Å². The molecule has 0 aliphatic carbocycles. The molecule has 0 radical (unpaired) electrons. The van der Waals surface area contributed by atoms with Crippen molar-refractivity contribution >= 4 is 0 Å². The van der Waals surface area contributed by atoms with Crippen LogP contribution in [0.25, 0.3) is 0 Å². The van der Waals surface area contributed by atoms with Gasteiger partial charge in [0.05, 0.1) is 11.8 Å². The van der Waals surface area contributed by atoms with Gasteiger partial charge in [-0.05, 0) is 25.6 Å². The molecule has 1 saturated heterocycles. The Bertz CT molecular complexity index is 331. The van der Waals surface area contributed by atoms with Gasteiger partial charge in [-0.25, -0.2) is 0 Å². The number of pyridine rings is 1. The molecule has 2 rings (SSSR count). The molecule has 0 saturated carbocycles. The van der Waals surface area contributed by atoms with E-state index < -0.39 is 0 Å². The van der Waals surface area contributed by atoms with Crippen molar-refractivity contribution in [3.63, 3.8) is 0 Å². The molecule has 0 spiro atoms. The van der Waals surface area contributed by atoms with Crippen LogP contribution in [0.2, 0.25) is 0 Å². The molecule has 1 N–H and O–H groups in total. The van der Waals surface area contributed by atoms with Crippen LogP contribution in [-0.4, -0.2) is 49.3 Å². The summed E-state index contributed by atoms with van der Waals surface area (Å²) in [5, 5.41) is 3.49. The van der Waals surface area contributed by atoms with E-state index in [9.17, 15) is 0 Å². The van der Waals surface area contributed by atoms with E-state index in [0.717, 1.165) is 31.7 Å². The summed E-state index contributed by atoms with van der Waals surface area (Å²) in [6.07, 6.45) is 3.32. The molecule has 2 unspecified atom stereocenters. The van der Waals surface area contributed by atoms with E-state index in [4.69, 9.17) is 4.74 Å². The Morgan fingerprint density at radius 1 is 1.53 bits per heavy atom. The summed E-state index contributed by atoms with van der Waals surface area (Å²) in [5.74, 6) is 0. The summed E-state index contributed by atoms with van der Waals surface area (Å²) in [5.41, 5.74) is 1.12. The van der Waals surface area contributed by atoms with E-state index in [2.05, 4.69) is 28.3 Å². The first-order chi connectivity index (χ1) is 8.28. The van der Waals surface area contributed by atoms with Crippen LogP contribution >= 0.6 is 0 Å². The van der Waals surface area contributed by atoms with Crippen molar-refractivity contribution in [2.24, 2.45) is 0 Å². The largest absolute Gasteiger partial charge is 0.380 e. The second-order valence-corrected chi connectivity index (χ2v) is 4.72. The smallest absolute Gasteiger partial charge is 0.0711 e. The summed E-state index contributed by atoms with van der Waals surface area (Å²) < 4.78 is 5.35. The fourth-order valence-electron chi connectivity index (χ4n) is 2.31. The third-order valence-corrected chi connectivity index (χ3v) is 3.21. The van der Waals surface area contributed by atoms with Gasteiger partial charge in [0, 0.05) is 39.0 Å². The van der Waals surface area contributed by atoms with Gasteiger partial charge in [-0.3, -0.25) is 9.88 Å². The number of rotatable bonds is 5. The highest BCUT2D eigenvalue weighted by Crippen LogP contribution is 2.11. The quantitative estimate of drug-likeness (QED) is 0.822. The first-order valence-corrected chi connectivity index (χ1v) is 6.12. The van der Waals surface area contributed by atoms with Crippen molar-refractivity contribution in [1.29, 1.82) is 0 Å². The number of methoxy groups -OCH3 is 1. The van der Waals surface area contributed by atoms with Crippen molar-refractivity contribution in [3.05, 3.63) is 30.1 Å². The van der Waals surface area contributed by atoms with E-state index in [1.54, 1.807) is 7.11 Å². The van der Waals surface area contributed by atoms with Crippen molar-refractivity contribution in [2.45, 2.75) is 25.1 Å². The topological polar surface area (TPSA) is 37.4 Å². The Hall–Kier alpha value is -0.970. The van der Waals surface area contributed by atoms with Crippen LogP contribution in [0.15, 0.2) is 24.4 Å². The number of hydrogen-bond acceptors (Lipinski definition) is 4. The zero-order valence-electron chi connectivity index (χ0n) is 10.6. The number of aromatic nitrogens is 1. The van der Waals surface area contributed by atoms with Crippen LogP contribution in [0.4, 0.5) is 0 Å². The molecule has 94 valence electrons. The average Bonchev–Trinajstić information content (AvgIpc) is 2.78. The van der Waals surface area contributed by atoms with Crippen LogP contribution in [-0.2, 0) is 11.3 Å². The number of nitrogens with one attached hydrogen (secondary N) is 1. The summed E-state index contributed by atoms with van der Waals surface area (Å²) in [7, 11) is 3.92. The second kappa shape index (κ2) is 6.10. The van der Waals surface area contributed by atoms with Crippen molar-refractivity contribution in [1.82, 2.24) is 15.2 Å². The van der Waals surface area contributed by atoms with E-state index in [1.165, 1.54) is 0 Å². The Morgan fingerprint density at radius 3 is 3.06 bits per heavy atom. The minimum Gasteiger partial charge on any atom is -0.380 e. The monoisotopic (exact) mass is 235 g/mol. The fraction of sp³-hybridized carbons (Fsp3) is 0.615. The molecule has 1 aliphatic rings. The first kappa shape index (κ1) is 12.5. The molecule has 1 fully saturated rings. The molecule has 0 bridgehead atoms. The summed E-state index contributed by atoms with van der Waals surface area (Å²) in [4.78, 5) is 6.64. The van der Waals surface area contributed by atoms with E-state index in [-0.39, 0.29) is 0 Å². The lowest BCUT2D eigenvalue weighted by Crippen LogP contribution is -2.35. The van der Waals surface area contributed by atoms with Crippen molar-refractivity contribution < 1.29 is 4.74 Å². The molecule has 4 nitrogen and oxygen atoms in total. The second-order valence-electron chi connectivity index (χ2n) is 4.72. The SMILES string of the molecule is COC1CNC(CN(C)Cc2ccccn2)C1. The van der Waals surface area contributed by atoms with Gasteiger partial charge in [-0.2, -0.15) is 0 Å². The number of nitrogens with zero attached hydrogens (tertiary/aromatic N) is 2. The predicted octanol–water partition coefficient (Wildman–Crippen LogP) is 0.890. The highest BCUT2D eigenvalue weighted by molar-refractivity contribution is 5.03. The van der Waals surface area contributed by atoms with Crippen LogP contribution in [0.1, 0.15) is 12.1 Å². The number of ether oxygens (including phenoxy) is 1. The molecular weight excluding hydrogens is 214 g/mol. The van der Waals surface area contributed by atoms with Gasteiger partial charge in [0.25, 0.3) is 0 Å². The van der Waals surface area contributed by atoms with Crippen LogP contribution < -0.4 is 5.32 Å². The van der Waals surface area contributed by atoms with Crippen LogP contribution in [0.3, 0.4) is 0 Å². The van der Waals surface area contributed by atoms with E-state index in [1.807, 2.05) is 18.3 Å². The van der Waals surface area contributed by atoms with Crippen molar-refractivity contribution in [2.75, 3.05) is 27.2 Å². The minimum absolute atomic E-state index is 0.378. The summed E-state index contributed by atoms with van der Waals surface area (Å²) in [6, 6.07) is 6.58. The lowest BCUT2D eigenvalue weighted by atomic mass is 10.2. The predicted molar refractivity (Wildman–Crippen MR) is 67.8 cm³/mol.